The average molecular weight is 302 g/mol. The van der Waals surface area contributed by atoms with E-state index in [1.807, 2.05) is 41.9 Å². The lowest BCUT2D eigenvalue weighted by Gasteiger charge is -2.02. The maximum absolute atomic E-state index is 13.3. The van der Waals surface area contributed by atoms with Crippen molar-refractivity contribution < 1.29 is 4.39 Å². The Hall–Kier alpha value is -2.33. The van der Waals surface area contributed by atoms with Crippen molar-refractivity contribution >= 4 is 17.4 Å². The molecule has 0 saturated carbocycles. The van der Waals surface area contributed by atoms with Gasteiger partial charge in [0.1, 0.15) is 23.2 Å². The molecule has 0 saturated heterocycles. The monoisotopic (exact) mass is 301 g/mol. The van der Waals surface area contributed by atoms with Gasteiger partial charge in [-0.1, -0.05) is 41.9 Å². The Morgan fingerprint density at radius 1 is 1.10 bits per heavy atom. The van der Waals surface area contributed by atoms with Crippen LogP contribution in [0.25, 0.3) is 22.6 Å². The Bertz CT molecular complexity index is 797. The van der Waals surface area contributed by atoms with E-state index < -0.39 is 5.82 Å². The second kappa shape index (κ2) is 5.22. The van der Waals surface area contributed by atoms with Crippen LogP contribution in [0.3, 0.4) is 0 Å². The molecule has 3 nitrogen and oxygen atoms in total. The summed E-state index contributed by atoms with van der Waals surface area (Å²) in [6.07, 6.45) is 0. The van der Waals surface area contributed by atoms with Gasteiger partial charge in [0.05, 0.1) is 5.02 Å². The topological polar surface area (TPSA) is 43.8 Å². The minimum Gasteiger partial charge on any atom is -0.383 e. The quantitative estimate of drug-likeness (QED) is 0.773. The fourth-order valence-corrected chi connectivity index (χ4v) is 2.39. The highest BCUT2D eigenvalue weighted by molar-refractivity contribution is 6.31. The standard InChI is InChI=1S/C16H13ClFN3/c1-21-15(19)14(11-7-8-13(18)12(17)9-11)20-16(21)10-5-3-2-4-6-10/h2-9H,19H2,1H3. The van der Waals surface area contributed by atoms with Gasteiger partial charge in [-0.3, -0.25) is 0 Å². The largest absolute Gasteiger partial charge is 0.383 e. The van der Waals surface area contributed by atoms with E-state index in [0.717, 1.165) is 11.4 Å². The average Bonchev–Trinajstić information content (AvgIpc) is 2.79. The number of halogens is 2. The fourth-order valence-electron chi connectivity index (χ4n) is 2.21. The van der Waals surface area contributed by atoms with E-state index in [0.29, 0.717) is 17.1 Å². The number of nitrogen functional groups attached to an aromatic ring is 1. The van der Waals surface area contributed by atoms with Crippen molar-refractivity contribution in [3.63, 3.8) is 0 Å². The van der Waals surface area contributed by atoms with Crippen LogP contribution in [0, 0.1) is 5.82 Å². The molecule has 0 radical (unpaired) electrons. The van der Waals surface area contributed by atoms with E-state index in [1.165, 1.54) is 12.1 Å². The van der Waals surface area contributed by atoms with Crippen LogP contribution in [-0.2, 0) is 7.05 Å². The van der Waals surface area contributed by atoms with E-state index in [-0.39, 0.29) is 5.02 Å². The molecule has 0 amide bonds. The number of nitrogens with zero attached hydrogens (tertiary/aromatic N) is 2. The van der Waals surface area contributed by atoms with E-state index in [2.05, 4.69) is 4.98 Å². The molecule has 0 spiro atoms. The van der Waals surface area contributed by atoms with Crippen molar-refractivity contribution in [3.8, 4) is 22.6 Å². The minimum atomic E-state index is -0.460. The number of nitrogens with two attached hydrogens (primary N) is 1. The van der Waals surface area contributed by atoms with E-state index in [9.17, 15) is 4.39 Å². The molecule has 1 aromatic heterocycles. The number of benzene rings is 2. The molecule has 0 aliphatic heterocycles. The van der Waals surface area contributed by atoms with Crippen molar-refractivity contribution in [3.05, 3.63) is 59.4 Å². The second-order valence-corrected chi connectivity index (χ2v) is 5.13. The highest BCUT2D eigenvalue weighted by Gasteiger charge is 2.16. The summed E-state index contributed by atoms with van der Waals surface area (Å²) in [6, 6.07) is 14.2. The summed E-state index contributed by atoms with van der Waals surface area (Å²) < 4.78 is 15.1. The molecule has 0 aliphatic rings. The molecular weight excluding hydrogens is 289 g/mol. The van der Waals surface area contributed by atoms with Gasteiger partial charge in [0.2, 0.25) is 0 Å². The second-order valence-electron chi connectivity index (χ2n) is 4.72. The summed E-state index contributed by atoms with van der Waals surface area (Å²) in [7, 11) is 1.85. The Morgan fingerprint density at radius 2 is 1.81 bits per heavy atom. The SMILES string of the molecule is Cn1c(-c2ccccc2)nc(-c2ccc(F)c(Cl)c2)c1N. The zero-order valence-electron chi connectivity index (χ0n) is 11.3. The predicted octanol–water partition coefficient (Wildman–Crippen LogP) is 4.13. The Balaban J connectivity index is 2.15. The first-order chi connectivity index (χ1) is 10.1. The summed E-state index contributed by atoms with van der Waals surface area (Å²) in [6.45, 7) is 0. The van der Waals surface area contributed by atoms with E-state index in [4.69, 9.17) is 17.3 Å². The van der Waals surface area contributed by atoms with Crippen molar-refractivity contribution in [2.75, 3.05) is 5.73 Å². The first kappa shape index (κ1) is 13.6. The summed E-state index contributed by atoms with van der Waals surface area (Å²) in [4.78, 5) is 4.58. The van der Waals surface area contributed by atoms with Crippen LogP contribution < -0.4 is 5.73 Å². The Labute approximate surface area is 126 Å². The van der Waals surface area contributed by atoms with Crippen molar-refractivity contribution in [1.29, 1.82) is 0 Å². The molecule has 0 unspecified atom stereocenters. The van der Waals surface area contributed by atoms with Crippen LogP contribution in [0.15, 0.2) is 48.5 Å². The molecule has 106 valence electrons. The van der Waals surface area contributed by atoms with Gasteiger partial charge in [0.25, 0.3) is 0 Å². The summed E-state index contributed by atoms with van der Waals surface area (Å²) in [5, 5.41) is 0.0545. The lowest BCUT2D eigenvalue weighted by molar-refractivity contribution is 0.628. The third-order valence-corrected chi connectivity index (χ3v) is 3.65. The fraction of sp³-hybridized carbons (Fsp3) is 0.0625. The smallest absolute Gasteiger partial charge is 0.142 e. The van der Waals surface area contributed by atoms with Gasteiger partial charge in [-0.2, -0.15) is 0 Å². The molecule has 0 fully saturated rings. The summed E-state index contributed by atoms with van der Waals surface area (Å²) >= 11 is 5.83. The van der Waals surface area contributed by atoms with Gasteiger partial charge in [-0.05, 0) is 18.2 Å². The van der Waals surface area contributed by atoms with Gasteiger partial charge in [-0.25, -0.2) is 9.37 Å². The van der Waals surface area contributed by atoms with Crippen LogP contribution >= 0.6 is 11.6 Å². The van der Waals surface area contributed by atoms with Gasteiger partial charge in [0, 0.05) is 18.2 Å². The van der Waals surface area contributed by atoms with Crippen molar-refractivity contribution in [2.24, 2.45) is 7.05 Å². The van der Waals surface area contributed by atoms with Crippen LogP contribution in [-0.4, -0.2) is 9.55 Å². The van der Waals surface area contributed by atoms with E-state index >= 15 is 0 Å². The third-order valence-electron chi connectivity index (χ3n) is 3.36. The number of imidazole rings is 1. The van der Waals surface area contributed by atoms with Gasteiger partial charge in [-0.15, -0.1) is 0 Å². The lowest BCUT2D eigenvalue weighted by atomic mass is 10.1. The van der Waals surface area contributed by atoms with Crippen LogP contribution in [0.2, 0.25) is 5.02 Å². The first-order valence-electron chi connectivity index (χ1n) is 6.41. The zero-order valence-corrected chi connectivity index (χ0v) is 12.1. The summed E-state index contributed by atoms with van der Waals surface area (Å²) in [5.74, 6) is 0.804. The maximum Gasteiger partial charge on any atom is 0.142 e. The molecule has 2 aromatic carbocycles. The maximum atomic E-state index is 13.3. The third kappa shape index (κ3) is 2.38. The molecular formula is C16H13ClFN3. The molecule has 0 bridgehead atoms. The molecule has 2 N–H and O–H groups in total. The number of aromatic nitrogens is 2. The highest BCUT2D eigenvalue weighted by Crippen LogP contribution is 2.32. The molecule has 0 aliphatic carbocycles. The number of hydrogen-bond acceptors (Lipinski definition) is 2. The molecule has 3 aromatic rings. The zero-order chi connectivity index (χ0) is 15.0. The lowest BCUT2D eigenvalue weighted by Crippen LogP contribution is -1.98. The number of rotatable bonds is 2. The van der Waals surface area contributed by atoms with Gasteiger partial charge >= 0.3 is 0 Å². The molecule has 1 heterocycles. The van der Waals surface area contributed by atoms with Crippen molar-refractivity contribution in [1.82, 2.24) is 9.55 Å². The van der Waals surface area contributed by atoms with Gasteiger partial charge in [0.15, 0.2) is 0 Å². The first-order valence-corrected chi connectivity index (χ1v) is 6.78. The predicted molar refractivity (Wildman–Crippen MR) is 83.5 cm³/mol. The molecule has 5 heteroatoms. The van der Waals surface area contributed by atoms with Gasteiger partial charge < -0.3 is 10.3 Å². The van der Waals surface area contributed by atoms with Crippen molar-refractivity contribution in [2.45, 2.75) is 0 Å². The molecule has 21 heavy (non-hydrogen) atoms. The molecule has 3 rings (SSSR count). The Kier molecular flexibility index (Phi) is 3.39. The Morgan fingerprint density at radius 3 is 2.48 bits per heavy atom. The van der Waals surface area contributed by atoms with Crippen LogP contribution in [0.5, 0.6) is 0 Å². The molecule has 0 atom stereocenters. The van der Waals surface area contributed by atoms with E-state index in [1.54, 1.807) is 6.07 Å². The number of hydrogen-bond donors (Lipinski definition) is 1. The normalized spacial score (nSPS) is 10.8. The highest BCUT2D eigenvalue weighted by atomic mass is 35.5. The minimum absolute atomic E-state index is 0.0545. The van der Waals surface area contributed by atoms with Crippen LogP contribution in [0.4, 0.5) is 10.2 Å². The van der Waals surface area contributed by atoms with Crippen LogP contribution in [0.1, 0.15) is 0 Å². The summed E-state index contributed by atoms with van der Waals surface area (Å²) in [5.41, 5.74) is 8.38. The number of anilines is 1.